The van der Waals surface area contributed by atoms with Crippen LogP contribution in [0.2, 0.25) is 0 Å². The summed E-state index contributed by atoms with van der Waals surface area (Å²) in [6.45, 7) is 0.923. The second-order valence-electron chi connectivity index (χ2n) is 3.11. The standard InChI is InChI=1S/C10H11NO/c1-11-5-4-8-6-10(12)3-2-9(8)7-11/h2-6,12H,7H2,1H3. The van der Waals surface area contributed by atoms with Crippen LogP contribution >= 0.6 is 0 Å². The maximum Gasteiger partial charge on any atom is 0.116 e. The van der Waals surface area contributed by atoms with Crippen LogP contribution in [0.25, 0.3) is 6.08 Å². The number of hydrogen-bond donors (Lipinski definition) is 1. The van der Waals surface area contributed by atoms with Gasteiger partial charge in [-0.1, -0.05) is 6.07 Å². The van der Waals surface area contributed by atoms with E-state index in [0.29, 0.717) is 5.75 Å². The molecule has 0 amide bonds. The van der Waals surface area contributed by atoms with Gasteiger partial charge >= 0.3 is 0 Å². The highest BCUT2D eigenvalue weighted by Gasteiger charge is 2.06. The van der Waals surface area contributed by atoms with Crippen LogP contribution in [0.5, 0.6) is 5.75 Å². The molecule has 0 atom stereocenters. The van der Waals surface area contributed by atoms with Crippen LogP contribution in [0.4, 0.5) is 0 Å². The number of rotatable bonds is 0. The quantitative estimate of drug-likeness (QED) is 0.627. The van der Waals surface area contributed by atoms with E-state index in [1.54, 1.807) is 12.1 Å². The highest BCUT2D eigenvalue weighted by Crippen LogP contribution is 2.22. The predicted octanol–water partition coefficient (Wildman–Crippen LogP) is 1.81. The summed E-state index contributed by atoms with van der Waals surface area (Å²) in [7, 11) is 2.03. The summed E-state index contributed by atoms with van der Waals surface area (Å²) < 4.78 is 0. The normalized spacial score (nSPS) is 14.6. The molecule has 0 unspecified atom stereocenters. The molecule has 0 bridgehead atoms. The van der Waals surface area contributed by atoms with Gasteiger partial charge in [0.05, 0.1) is 0 Å². The number of aromatic hydroxyl groups is 1. The molecule has 2 heteroatoms. The summed E-state index contributed by atoms with van der Waals surface area (Å²) in [5, 5.41) is 9.21. The molecule has 0 saturated heterocycles. The third kappa shape index (κ3) is 1.16. The van der Waals surface area contributed by atoms with E-state index in [4.69, 9.17) is 0 Å². The van der Waals surface area contributed by atoms with E-state index in [0.717, 1.165) is 12.1 Å². The Hall–Kier alpha value is -1.44. The van der Waals surface area contributed by atoms with Crippen LogP contribution in [0.1, 0.15) is 11.1 Å². The topological polar surface area (TPSA) is 23.5 Å². The van der Waals surface area contributed by atoms with Gasteiger partial charge in [0, 0.05) is 13.6 Å². The molecule has 0 spiro atoms. The third-order valence-corrected chi connectivity index (χ3v) is 2.06. The van der Waals surface area contributed by atoms with Gasteiger partial charge < -0.3 is 10.0 Å². The van der Waals surface area contributed by atoms with Crippen molar-refractivity contribution in [2.45, 2.75) is 6.54 Å². The SMILES string of the molecule is CN1C=Cc2cc(O)ccc2C1. The van der Waals surface area contributed by atoms with Crippen LogP contribution < -0.4 is 0 Å². The van der Waals surface area contributed by atoms with Crippen molar-refractivity contribution in [3.63, 3.8) is 0 Å². The Balaban J connectivity index is 2.47. The van der Waals surface area contributed by atoms with Crippen molar-refractivity contribution in [2.24, 2.45) is 0 Å². The van der Waals surface area contributed by atoms with Crippen molar-refractivity contribution < 1.29 is 5.11 Å². The first kappa shape index (κ1) is 7.22. The highest BCUT2D eigenvalue weighted by molar-refractivity contribution is 5.57. The Kier molecular flexibility index (Phi) is 1.54. The Labute approximate surface area is 71.7 Å². The second kappa shape index (κ2) is 2.55. The van der Waals surface area contributed by atoms with E-state index >= 15 is 0 Å². The third-order valence-electron chi connectivity index (χ3n) is 2.06. The fourth-order valence-electron chi connectivity index (χ4n) is 1.41. The number of benzene rings is 1. The Bertz CT molecular complexity index is 331. The molecular formula is C10H11NO. The van der Waals surface area contributed by atoms with Gasteiger partial charge in [0.15, 0.2) is 0 Å². The van der Waals surface area contributed by atoms with Crippen molar-refractivity contribution in [1.29, 1.82) is 0 Å². The minimum absolute atomic E-state index is 0.336. The fourth-order valence-corrected chi connectivity index (χ4v) is 1.41. The summed E-state index contributed by atoms with van der Waals surface area (Å²) in [5.41, 5.74) is 2.38. The van der Waals surface area contributed by atoms with Crippen molar-refractivity contribution in [2.75, 3.05) is 7.05 Å². The zero-order chi connectivity index (χ0) is 8.55. The lowest BCUT2D eigenvalue weighted by Crippen LogP contribution is -2.13. The zero-order valence-corrected chi connectivity index (χ0v) is 6.99. The van der Waals surface area contributed by atoms with Gasteiger partial charge in [-0.05, 0) is 35.5 Å². The summed E-state index contributed by atoms with van der Waals surface area (Å²) in [6.07, 6.45) is 4.03. The summed E-state index contributed by atoms with van der Waals surface area (Å²) in [6, 6.07) is 5.48. The van der Waals surface area contributed by atoms with E-state index in [1.165, 1.54) is 5.56 Å². The van der Waals surface area contributed by atoms with Crippen molar-refractivity contribution in [3.05, 3.63) is 35.5 Å². The minimum atomic E-state index is 0.336. The first-order chi connectivity index (χ1) is 5.75. The average Bonchev–Trinajstić information content (AvgIpc) is 2.05. The van der Waals surface area contributed by atoms with Crippen molar-refractivity contribution >= 4 is 6.08 Å². The van der Waals surface area contributed by atoms with Crippen molar-refractivity contribution in [3.8, 4) is 5.75 Å². The Morgan fingerprint density at radius 1 is 1.42 bits per heavy atom. The van der Waals surface area contributed by atoms with E-state index in [9.17, 15) is 5.11 Å². The van der Waals surface area contributed by atoms with Gasteiger partial charge in [0.2, 0.25) is 0 Å². The lowest BCUT2D eigenvalue weighted by Gasteiger charge is -2.20. The molecule has 0 saturated carbocycles. The Morgan fingerprint density at radius 2 is 2.25 bits per heavy atom. The first-order valence-corrected chi connectivity index (χ1v) is 3.96. The second-order valence-corrected chi connectivity index (χ2v) is 3.11. The number of nitrogens with zero attached hydrogens (tertiary/aromatic N) is 1. The molecule has 2 nitrogen and oxygen atoms in total. The molecule has 1 aliphatic heterocycles. The smallest absolute Gasteiger partial charge is 0.116 e. The monoisotopic (exact) mass is 161 g/mol. The average molecular weight is 161 g/mol. The van der Waals surface area contributed by atoms with Crippen LogP contribution in [0.15, 0.2) is 24.4 Å². The number of hydrogen-bond acceptors (Lipinski definition) is 2. The largest absolute Gasteiger partial charge is 0.508 e. The maximum absolute atomic E-state index is 9.21. The molecule has 1 N–H and O–H groups in total. The lowest BCUT2D eigenvalue weighted by atomic mass is 10.0. The number of phenolic OH excluding ortho intramolecular Hbond substituents is 1. The highest BCUT2D eigenvalue weighted by atomic mass is 16.3. The van der Waals surface area contributed by atoms with Crippen LogP contribution in [0.3, 0.4) is 0 Å². The minimum Gasteiger partial charge on any atom is -0.508 e. The van der Waals surface area contributed by atoms with Gasteiger partial charge in [0.25, 0.3) is 0 Å². The van der Waals surface area contributed by atoms with Crippen LogP contribution in [-0.2, 0) is 6.54 Å². The maximum atomic E-state index is 9.21. The molecule has 2 rings (SSSR count). The molecule has 1 aromatic rings. The summed E-state index contributed by atoms with van der Waals surface area (Å²) >= 11 is 0. The summed E-state index contributed by atoms with van der Waals surface area (Å²) in [4.78, 5) is 2.11. The lowest BCUT2D eigenvalue weighted by molar-refractivity contribution is 0.444. The molecule has 0 fully saturated rings. The molecule has 0 aliphatic carbocycles. The van der Waals surface area contributed by atoms with Crippen LogP contribution in [-0.4, -0.2) is 17.1 Å². The molecule has 1 aromatic carbocycles. The van der Waals surface area contributed by atoms with E-state index < -0.39 is 0 Å². The Morgan fingerprint density at radius 3 is 3.08 bits per heavy atom. The van der Waals surface area contributed by atoms with Gasteiger partial charge in [-0.15, -0.1) is 0 Å². The van der Waals surface area contributed by atoms with E-state index in [2.05, 4.69) is 4.90 Å². The van der Waals surface area contributed by atoms with Gasteiger partial charge in [0.1, 0.15) is 5.75 Å². The first-order valence-electron chi connectivity index (χ1n) is 3.96. The summed E-state index contributed by atoms with van der Waals surface area (Å²) in [5.74, 6) is 0.336. The predicted molar refractivity (Wildman–Crippen MR) is 48.6 cm³/mol. The zero-order valence-electron chi connectivity index (χ0n) is 6.99. The fraction of sp³-hybridized carbons (Fsp3) is 0.200. The van der Waals surface area contributed by atoms with E-state index in [1.807, 2.05) is 25.4 Å². The van der Waals surface area contributed by atoms with Crippen LogP contribution in [0, 0.1) is 0 Å². The van der Waals surface area contributed by atoms with E-state index in [-0.39, 0.29) is 0 Å². The number of phenols is 1. The van der Waals surface area contributed by atoms with Gasteiger partial charge in [-0.3, -0.25) is 0 Å². The van der Waals surface area contributed by atoms with Gasteiger partial charge in [-0.25, -0.2) is 0 Å². The molecule has 0 radical (unpaired) electrons. The molecule has 62 valence electrons. The molecular weight excluding hydrogens is 150 g/mol. The molecule has 0 aromatic heterocycles. The molecule has 1 heterocycles. The van der Waals surface area contributed by atoms with Crippen molar-refractivity contribution in [1.82, 2.24) is 4.90 Å². The molecule has 1 aliphatic rings. The molecule has 12 heavy (non-hydrogen) atoms. The van der Waals surface area contributed by atoms with Gasteiger partial charge in [-0.2, -0.15) is 0 Å². The number of fused-ring (bicyclic) bond motifs is 1.